The lowest BCUT2D eigenvalue weighted by Gasteiger charge is -2.10. The highest BCUT2D eigenvalue weighted by atomic mass is 32.2. The maximum absolute atomic E-state index is 13.0. The summed E-state index contributed by atoms with van der Waals surface area (Å²) in [5.41, 5.74) is 0.269. The Balaban J connectivity index is 1.65. The van der Waals surface area contributed by atoms with Crippen LogP contribution in [0.25, 0.3) is 0 Å². The Morgan fingerprint density at radius 3 is 2.53 bits per heavy atom. The van der Waals surface area contributed by atoms with Crippen molar-refractivity contribution in [2.24, 2.45) is 14.1 Å². The first-order valence-corrected chi connectivity index (χ1v) is 10.4. The monoisotopic (exact) mass is 439 g/mol. The third kappa shape index (κ3) is 4.63. The second kappa shape index (κ2) is 8.59. The number of phenolic OH excluding ortho intramolecular Hbond substituents is 1. The number of carbonyl (C=O) groups excluding carboxylic acids is 1. The van der Waals surface area contributed by atoms with E-state index < -0.39 is 0 Å². The summed E-state index contributed by atoms with van der Waals surface area (Å²) in [6.07, 6.45) is 3.35. The van der Waals surface area contributed by atoms with Crippen molar-refractivity contribution in [3.05, 3.63) is 60.7 Å². The molecule has 0 spiro atoms. The number of carbonyl (C=O) groups is 1. The first kappa shape index (κ1) is 20.0. The highest BCUT2D eigenvalue weighted by Gasteiger charge is 2.18. The summed E-state index contributed by atoms with van der Waals surface area (Å²) in [7, 11) is 3.62. The van der Waals surface area contributed by atoms with Crippen LogP contribution in [0.4, 0.5) is 5.82 Å². The van der Waals surface area contributed by atoms with Crippen LogP contribution in [0, 0.1) is 0 Å². The van der Waals surface area contributed by atoms with E-state index in [2.05, 4.69) is 25.6 Å². The molecule has 0 saturated heterocycles. The van der Waals surface area contributed by atoms with E-state index in [0.717, 1.165) is 4.90 Å². The number of aromatic hydroxyl groups is 1. The molecule has 2 N–H and O–H groups in total. The molecule has 4 aromatic rings. The number of rotatable bonds is 6. The molecule has 3 aromatic heterocycles. The number of pyridine rings is 1. The van der Waals surface area contributed by atoms with E-state index in [1.807, 2.05) is 19.2 Å². The average molecular weight is 440 g/mol. The number of aryl methyl sites for hydroxylation is 2. The van der Waals surface area contributed by atoms with Crippen molar-refractivity contribution in [2.45, 2.75) is 20.0 Å². The summed E-state index contributed by atoms with van der Waals surface area (Å²) in [5.74, 6) is 0.257. The van der Waals surface area contributed by atoms with Crippen LogP contribution >= 0.6 is 23.5 Å². The van der Waals surface area contributed by atoms with E-state index in [4.69, 9.17) is 0 Å². The molecule has 9 nitrogen and oxygen atoms in total. The Bertz CT molecular complexity index is 1190. The van der Waals surface area contributed by atoms with Gasteiger partial charge in [-0.05, 0) is 48.2 Å². The van der Waals surface area contributed by atoms with E-state index in [0.29, 0.717) is 20.9 Å². The molecule has 0 aliphatic heterocycles. The molecule has 0 atom stereocenters. The average Bonchev–Trinajstić information content (AvgIpc) is 3.32. The quantitative estimate of drug-likeness (QED) is 0.471. The molecule has 0 fully saturated rings. The van der Waals surface area contributed by atoms with Gasteiger partial charge in [0.15, 0.2) is 11.0 Å². The summed E-state index contributed by atoms with van der Waals surface area (Å²) in [4.78, 5) is 19.1. The molecule has 0 unspecified atom stereocenters. The number of phenols is 1. The van der Waals surface area contributed by atoms with Gasteiger partial charge in [0.2, 0.25) is 0 Å². The summed E-state index contributed by atoms with van der Waals surface area (Å²) < 4.78 is 3.38. The largest absolute Gasteiger partial charge is 0.508 e. The number of nitrogens with zero attached hydrogens (tertiary/aromatic N) is 6. The Labute approximate surface area is 180 Å². The smallest absolute Gasteiger partial charge is 0.276 e. The summed E-state index contributed by atoms with van der Waals surface area (Å²) in [5, 5.41) is 25.7. The first-order valence-electron chi connectivity index (χ1n) is 8.79. The molecule has 11 heteroatoms. The normalized spacial score (nSPS) is 10.9. The minimum atomic E-state index is -0.365. The molecule has 0 aliphatic rings. The van der Waals surface area contributed by atoms with Gasteiger partial charge in [-0.2, -0.15) is 5.10 Å². The number of aromatic nitrogens is 6. The summed E-state index contributed by atoms with van der Waals surface area (Å²) in [6, 6.07) is 12.1. The number of anilines is 1. The van der Waals surface area contributed by atoms with Crippen LogP contribution in [0.15, 0.2) is 75.0 Å². The van der Waals surface area contributed by atoms with Gasteiger partial charge in [0, 0.05) is 36.1 Å². The molecule has 0 bridgehead atoms. The zero-order valence-corrected chi connectivity index (χ0v) is 17.7. The zero-order valence-electron chi connectivity index (χ0n) is 16.1. The van der Waals surface area contributed by atoms with Gasteiger partial charge in [-0.3, -0.25) is 9.48 Å². The van der Waals surface area contributed by atoms with Gasteiger partial charge < -0.3 is 15.0 Å². The Morgan fingerprint density at radius 1 is 1.07 bits per heavy atom. The maximum atomic E-state index is 13.0. The molecule has 0 aliphatic carbocycles. The van der Waals surface area contributed by atoms with Gasteiger partial charge in [0.25, 0.3) is 5.91 Å². The van der Waals surface area contributed by atoms with Crippen molar-refractivity contribution >= 4 is 35.2 Å². The number of benzene rings is 1. The first-order chi connectivity index (χ1) is 14.5. The SMILES string of the molecule is Cn1ccc(NC(=O)c2nc(Sc3nncn3C)ccc2Sc2ccc(O)cc2)n1. The summed E-state index contributed by atoms with van der Waals surface area (Å²) in [6.45, 7) is 0. The number of hydrogen-bond donors (Lipinski definition) is 2. The fraction of sp³-hybridized carbons (Fsp3) is 0.105. The van der Waals surface area contributed by atoms with E-state index >= 15 is 0 Å². The minimum Gasteiger partial charge on any atom is -0.508 e. The lowest BCUT2D eigenvalue weighted by molar-refractivity contribution is 0.101. The van der Waals surface area contributed by atoms with Gasteiger partial charge in [-0.25, -0.2) is 4.98 Å². The topological polar surface area (TPSA) is 111 Å². The highest BCUT2D eigenvalue weighted by molar-refractivity contribution is 7.99. The predicted octanol–water partition coefficient (Wildman–Crippen LogP) is 3.20. The third-order valence-electron chi connectivity index (χ3n) is 3.93. The Morgan fingerprint density at radius 2 is 1.87 bits per heavy atom. The molecule has 0 saturated carbocycles. The zero-order chi connectivity index (χ0) is 21.1. The van der Waals surface area contributed by atoms with Crippen molar-refractivity contribution in [3.8, 4) is 5.75 Å². The van der Waals surface area contributed by atoms with Crippen LogP contribution in [-0.2, 0) is 14.1 Å². The van der Waals surface area contributed by atoms with Crippen molar-refractivity contribution in [3.63, 3.8) is 0 Å². The third-order valence-corrected chi connectivity index (χ3v) is 5.98. The van der Waals surface area contributed by atoms with E-state index in [-0.39, 0.29) is 17.4 Å². The Hall–Kier alpha value is -3.31. The van der Waals surface area contributed by atoms with Crippen LogP contribution < -0.4 is 5.32 Å². The second-order valence-corrected chi connectivity index (χ2v) is 8.35. The van der Waals surface area contributed by atoms with Crippen LogP contribution in [-0.4, -0.2) is 40.5 Å². The minimum absolute atomic E-state index is 0.181. The lowest BCUT2D eigenvalue weighted by Crippen LogP contribution is -2.16. The summed E-state index contributed by atoms with van der Waals surface area (Å²) >= 11 is 2.70. The molecule has 4 rings (SSSR count). The molecule has 1 aromatic carbocycles. The van der Waals surface area contributed by atoms with Gasteiger partial charge in [-0.15, -0.1) is 10.2 Å². The van der Waals surface area contributed by atoms with Gasteiger partial charge in [0.05, 0.1) is 0 Å². The second-order valence-electron chi connectivity index (χ2n) is 6.25. The fourth-order valence-electron chi connectivity index (χ4n) is 2.49. The fourth-order valence-corrected chi connectivity index (χ4v) is 4.12. The lowest BCUT2D eigenvalue weighted by atomic mass is 10.3. The molecular formula is C19H17N7O2S2. The van der Waals surface area contributed by atoms with Crippen LogP contribution in [0.5, 0.6) is 5.75 Å². The van der Waals surface area contributed by atoms with Gasteiger partial charge in [0.1, 0.15) is 22.8 Å². The molecule has 0 radical (unpaired) electrons. The molecule has 1 amide bonds. The molecule has 3 heterocycles. The van der Waals surface area contributed by atoms with Gasteiger partial charge in [-0.1, -0.05) is 11.8 Å². The van der Waals surface area contributed by atoms with E-state index in [1.165, 1.54) is 23.5 Å². The van der Waals surface area contributed by atoms with Crippen molar-refractivity contribution in [1.82, 2.24) is 29.5 Å². The molecule has 152 valence electrons. The van der Waals surface area contributed by atoms with Crippen LogP contribution in [0.3, 0.4) is 0 Å². The predicted molar refractivity (Wildman–Crippen MR) is 113 cm³/mol. The Kier molecular flexibility index (Phi) is 5.72. The van der Waals surface area contributed by atoms with Crippen LogP contribution in [0.1, 0.15) is 10.5 Å². The van der Waals surface area contributed by atoms with E-state index in [1.54, 1.807) is 59.2 Å². The molecular weight excluding hydrogens is 422 g/mol. The standard InChI is InChI=1S/C19H17N7O2S2/c1-25-11-20-23-19(25)30-16-8-7-14(29-13-5-3-12(27)4-6-13)17(22-16)18(28)21-15-9-10-26(2)24-15/h3-11,27H,1-2H3,(H,21,24,28). The van der Waals surface area contributed by atoms with Gasteiger partial charge >= 0.3 is 0 Å². The van der Waals surface area contributed by atoms with Crippen molar-refractivity contribution < 1.29 is 9.90 Å². The number of nitrogens with one attached hydrogen (secondary N) is 1. The number of amides is 1. The van der Waals surface area contributed by atoms with Crippen molar-refractivity contribution in [2.75, 3.05) is 5.32 Å². The highest BCUT2D eigenvalue weighted by Crippen LogP contribution is 2.33. The number of hydrogen-bond acceptors (Lipinski definition) is 8. The molecule has 30 heavy (non-hydrogen) atoms. The van der Waals surface area contributed by atoms with Crippen molar-refractivity contribution in [1.29, 1.82) is 0 Å². The van der Waals surface area contributed by atoms with E-state index in [9.17, 15) is 9.90 Å². The maximum Gasteiger partial charge on any atom is 0.276 e. The van der Waals surface area contributed by atoms with Crippen LogP contribution in [0.2, 0.25) is 0 Å².